The lowest BCUT2D eigenvalue weighted by Gasteiger charge is -2.08. The lowest BCUT2D eigenvalue weighted by molar-refractivity contribution is -0.146. The molecule has 27 heavy (non-hydrogen) atoms. The van der Waals surface area contributed by atoms with Crippen molar-refractivity contribution in [2.75, 3.05) is 11.9 Å². The van der Waals surface area contributed by atoms with E-state index in [9.17, 15) is 9.59 Å². The van der Waals surface area contributed by atoms with E-state index in [1.807, 2.05) is 73.7 Å². The molecule has 2 aromatic carbocycles. The molecule has 0 radical (unpaired) electrons. The standard InChI is InChI=1S/C22H20N2O3/c1-16-7-8-17(14-23-16)13-22(26)27-15-21(25)24-20-11-9-19(10-12-20)18-5-3-2-4-6-18/h2-12,14H,13,15H2,1H3,(H,24,25). The maximum absolute atomic E-state index is 12.0. The molecule has 0 aliphatic rings. The fraction of sp³-hybridized carbons (Fsp3) is 0.136. The first-order valence-electron chi connectivity index (χ1n) is 8.62. The number of rotatable bonds is 6. The van der Waals surface area contributed by atoms with Crippen molar-refractivity contribution in [2.45, 2.75) is 13.3 Å². The van der Waals surface area contributed by atoms with Crippen LogP contribution in [0.2, 0.25) is 0 Å². The number of aryl methyl sites for hydroxylation is 1. The van der Waals surface area contributed by atoms with Crippen molar-refractivity contribution in [3.8, 4) is 11.1 Å². The molecule has 5 nitrogen and oxygen atoms in total. The summed E-state index contributed by atoms with van der Waals surface area (Å²) in [7, 11) is 0. The molecule has 0 saturated carbocycles. The minimum atomic E-state index is -0.463. The number of esters is 1. The van der Waals surface area contributed by atoms with Crippen LogP contribution in [0.25, 0.3) is 11.1 Å². The molecule has 1 heterocycles. The highest BCUT2D eigenvalue weighted by atomic mass is 16.5. The first-order valence-corrected chi connectivity index (χ1v) is 8.62. The van der Waals surface area contributed by atoms with E-state index in [1.54, 1.807) is 6.20 Å². The average molecular weight is 360 g/mol. The Labute approximate surface area is 158 Å². The molecule has 1 aromatic heterocycles. The molecule has 0 unspecified atom stereocenters. The molecule has 1 N–H and O–H groups in total. The van der Waals surface area contributed by atoms with E-state index in [0.717, 1.165) is 22.4 Å². The number of benzene rings is 2. The number of aromatic nitrogens is 1. The minimum absolute atomic E-state index is 0.0896. The average Bonchev–Trinajstić information content (AvgIpc) is 2.69. The summed E-state index contributed by atoms with van der Waals surface area (Å²) < 4.78 is 5.02. The molecule has 0 atom stereocenters. The Kier molecular flexibility index (Phi) is 5.94. The van der Waals surface area contributed by atoms with Gasteiger partial charge in [0.15, 0.2) is 6.61 Å². The van der Waals surface area contributed by atoms with Crippen molar-refractivity contribution in [2.24, 2.45) is 0 Å². The number of carbonyl (C=O) groups excluding carboxylic acids is 2. The van der Waals surface area contributed by atoms with E-state index in [-0.39, 0.29) is 18.9 Å². The molecular formula is C22H20N2O3. The van der Waals surface area contributed by atoms with Gasteiger partial charge in [0.1, 0.15) is 0 Å². The second-order valence-corrected chi connectivity index (χ2v) is 6.14. The van der Waals surface area contributed by atoms with Crippen LogP contribution in [0.1, 0.15) is 11.3 Å². The minimum Gasteiger partial charge on any atom is -0.455 e. The first-order chi connectivity index (χ1) is 13.1. The second kappa shape index (κ2) is 8.76. The van der Waals surface area contributed by atoms with Gasteiger partial charge in [-0.05, 0) is 41.8 Å². The van der Waals surface area contributed by atoms with Gasteiger partial charge < -0.3 is 10.1 Å². The van der Waals surface area contributed by atoms with Crippen LogP contribution in [-0.4, -0.2) is 23.5 Å². The zero-order valence-corrected chi connectivity index (χ0v) is 15.0. The monoisotopic (exact) mass is 360 g/mol. The van der Waals surface area contributed by atoms with E-state index in [2.05, 4.69) is 10.3 Å². The zero-order chi connectivity index (χ0) is 19.1. The zero-order valence-electron chi connectivity index (χ0n) is 15.0. The summed E-state index contributed by atoms with van der Waals surface area (Å²) in [6, 6.07) is 21.1. The molecule has 0 aliphatic carbocycles. The Hall–Kier alpha value is -3.47. The van der Waals surface area contributed by atoms with Gasteiger partial charge >= 0.3 is 5.97 Å². The first kappa shape index (κ1) is 18.3. The number of carbonyl (C=O) groups is 2. The van der Waals surface area contributed by atoms with Crippen LogP contribution >= 0.6 is 0 Å². The van der Waals surface area contributed by atoms with Crippen LogP contribution in [0.4, 0.5) is 5.69 Å². The van der Waals surface area contributed by atoms with E-state index in [4.69, 9.17) is 4.74 Å². The van der Waals surface area contributed by atoms with Crippen LogP contribution < -0.4 is 5.32 Å². The van der Waals surface area contributed by atoms with Gasteiger partial charge in [0.05, 0.1) is 6.42 Å². The predicted molar refractivity (Wildman–Crippen MR) is 104 cm³/mol. The van der Waals surface area contributed by atoms with Crippen LogP contribution in [0.3, 0.4) is 0 Å². The fourth-order valence-corrected chi connectivity index (χ4v) is 2.54. The lowest BCUT2D eigenvalue weighted by atomic mass is 10.1. The number of hydrogen-bond donors (Lipinski definition) is 1. The number of nitrogens with zero attached hydrogens (tertiary/aromatic N) is 1. The fourth-order valence-electron chi connectivity index (χ4n) is 2.54. The highest BCUT2D eigenvalue weighted by Crippen LogP contribution is 2.20. The summed E-state index contributed by atoms with van der Waals surface area (Å²) in [5.74, 6) is -0.840. The van der Waals surface area contributed by atoms with Crippen molar-refractivity contribution in [1.82, 2.24) is 4.98 Å². The highest BCUT2D eigenvalue weighted by Gasteiger charge is 2.09. The third-order valence-corrected chi connectivity index (χ3v) is 3.96. The Morgan fingerprint density at radius 1 is 0.926 bits per heavy atom. The van der Waals surface area contributed by atoms with Gasteiger partial charge in [-0.1, -0.05) is 48.5 Å². The number of pyridine rings is 1. The summed E-state index contributed by atoms with van der Waals surface area (Å²) in [5, 5.41) is 2.72. The van der Waals surface area contributed by atoms with Crippen molar-refractivity contribution in [3.05, 3.63) is 84.2 Å². The van der Waals surface area contributed by atoms with Gasteiger partial charge in [0.25, 0.3) is 5.91 Å². The molecule has 3 aromatic rings. The second-order valence-electron chi connectivity index (χ2n) is 6.14. The molecule has 0 aliphatic heterocycles. The Bertz CT molecular complexity index is 905. The summed E-state index contributed by atoms with van der Waals surface area (Å²) in [5.41, 5.74) is 4.45. The Balaban J connectivity index is 1.47. The van der Waals surface area contributed by atoms with Gasteiger partial charge in [0, 0.05) is 17.6 Å². The molecule has 0 saturated heterocycles. The van der Waals surface area contributed by atoms with Crippen LogP contribution in [0, 0.1) is 6.92 Å². The maximum Gasteiger partial charge on any atom is 0.310 e. The van der Waals surface area contributed by atoms with Crippen molar-refractivity contribution in [3.63, 3.8) is 0 Å². The van der Waals surface area contributed by atoms with Crippen LogP contribution in [0.15, 0.2) is 72.9 Å². The number of nitrogens with one attached hydrogen (secondary N) is 1. The number of ether oxygens (including phenoxy) is 1. The predicted octanol–water partition coefficient (Wildman–Crippen LogP) is 3.78. The third kappa shape index (κ3) is 5.51. The number of anilines is 1. The third-order valence-electron chi connectivity index (χ3n) is 3.96. The molecule has 0 bridgehead atoms. The summed E-state index contributed by atoms with van der Waals surface area (Å²) in [6.07, 6.45) is 1.72. The summed E-state index contributed by atoms with van der Waals surface area (Å²) in [4.78, 5) is 27.9. The molecule has 0 spiro atoms. The SMILES string of the molecule is Cc1ccc(CC(=O)OCC(=O)Nc2ccc(-c3ccccc3)cc2)cn1. The van der Waals surface area contributed by atoms with Gasteiger partial charge in [-0.3, -0.25) is 14.6 Å². The molecular weight excluding hydrogens is 340 g/mol. The Morgan fingerprint density at radius 3 is 2.30 bits per heavy atom. The molecule has 0 fully saturated rings. The topological polar surface area (TPSA) is 68.3 Å². The van der Waals surface area contributed by atoms with Gasteiger partial charge in [-0.15, -0.1) is 0 Å². The number of hydrogen-bond acceptors (Lipinski definition) is 4. The maximum atomic E-state index is 12.0. The van der Waals surface area contributed by atoms with Crippen molar-refractivity contribution in [1.29, 1.82) is 0 Å². The molecule has 3 rings (SSSR count). The van der Waals surface area contributed by atoms with Gasteiger partial charge in [0.2, 0.25) is 0 Å². The highest BCUT2D eigenvalue weighted by molar-refractivity contribution is 5.93. The largest absolute Gasteiger partial charge is 0.455 e. The van der Waals surface area contributed by atoms with Crippen LogP contribution in [0.5, 0.6) is 0 Å². The van der Waals surface area contributed by atoms with Gasteiger partial charge in [-0.25, -0.2) is 0 Å². The lowest BCUT2D eigenvalue weighted by Crippen LogP contribution is -2.21. The van der Waals surface area contributed by atoms with Gasteiger partial charge in [-0.2, -0.15) is 0 Å². The molecule has 136 valence electrons. The molecule has 5 heteroatoms. The van der Waals surface area contributed by atoms with E-state index >= 15 is 0 Å². The number of amides is 1. The molecule has 1 amide bonds. The van der Waals surface area contributed by atoms with E-state index in [0.29, 0.717) is 5.69 Å². The van der Waals surface area contributed by atoms with Crippen molar-refractivity contribution < 1.29 is 14.3 Å². The van der Waals surface area contributed by atoms with Crippen LogP contribution in [-0.2, 0) is 20.7 Å². The summed E-state index contributed by atoms with van der Waals surface area (Å²) in [6.45, 7) is 1.55. The Morgan fingerprint density at radius 2 is 1.63 bits per heavy atom. The van der Waals surface area contributed by atoms with E-state index < -0.39 is 5.97 Å². The summed E-state index contributed by atoms with van der Waals surface area (Å²) >= 11 is 0. The quantitative estimate of drug-likeness (QED) is 0.679. The smallest absolute Gasteiger partial charge is 0.310 e. The van der Waals surface area contributed by atoms with Crippen molar-refractivity contribution >= 4 is 17.6 Å². The normalized spacial score (nSPS) is 10.3. The van der Waals surface area contributed by atoms with E-state index in [1.165, 1.54) is 0 Å².